The number of nitrogens with two attached hydrogens (primary N) is 1. The molecule has 0 bridgehead atoms. The zero-order valence-electron chi connectivity index (χ0n) is 10.5. The van der Waals surface area contributed by atoms with Crippen LogP contribution in [0.4, 0.5) is 0 Å². The summed E-state index contributed by atoms with van der Waals surface area (Å²) in [4.78, 5) is 0. The van der Waals surface area contributed by atoms with Crippen molar-refractivity contribution in [3.63, 3.8) is 0 Å². The first-order valence-electron chi connectivity index (χ1n) is 6.42. The molecule has 0 aliphatic heterocycles. The molecule has 0 spiro atoms. The Kier molecular flexibility index (Phi) is 2.83. The maximum atomic E-state index is 5.91. The van der Waals surface area contributed by atoms with E-state index in [1.165, 1.54) is 24.0 Å². The van der Waals surface area contributed by atoms with Gasteiger partial charge in [0.2, 0.25) is 0 Å². The molecule has 5 nitrogen and oxygen atoms in total. The zero-order valence-corrected chi connectivity index (χ0v) is 10.5. The number of fused-ring (bicyclic) bond motifs is 1. The van der Waals surface area contributed by atoms with Crippen molar-refractivity contribution in [2.75, 3.05) is 0 Å². The smallest absolute Gasteiger partial charge is 0.173 e. The van der Waals surface area contributed by atoms with Gasteiger partial charge in [0.1, 0.15) is 0 Å². The molecule has 1 heterocycles. The van der Waals surface area contributed by atoms with Gasteiger partial charge in [-0.15, -0.1) is 5.10 Å². The van der Waals surface area contributed by atoms with Gasteiger partial charge in [-0.2, -0.15) is 4.68 Å². The van der Waals surface area contributed by atoms with E-state index in [0.29, 0.717) is 5.82 Å². The van der Waals surface area contributed by atoms with Crippen LogP contribution in [0.25, 0.3) is 5.69 Å². The van der Waals surface area contributed by atoms with Crippen LogP contribution in [-0.4, -0.2) is 20.2 Å². The summed E-state index contributed by atoms with van der Waals surface area (Å²) in [7, 11) is 0. The fourth-order valence-electron chi connectivity index (χ4n) is 2.61. The van der Waals surface area contributed by atoms with Crippen LogP contribution in [0, 0.1) is 0 Å². The van der Waals surface area contributed by atoms with Gasteiger partial charge in [-0.3, -0.25) is 0 Å². The highest BCUT2D eigenvalue weighted by molar-refractivity contribution is 5.47. The summed E-state index contributed by atoms with van der Waals surface area (Å²) < 4.78 is 1.79. The number of rotatable bonds is 2. The average molecular weight is 243 g/mol. The van der Waals surface area contributed by atoms with Crippen LogP contribution in [0.2, 0.25) is 0 Å². The number of benzene rings is 1. The second-order valence-electron chi connectivity index (χ2n) is 4.86. The zero-order chi connectivity index (χ0) is 12.5. The van der Waals surface area contributed by atoms with Gasteiger partial charge in [0.25, 0.3) is 0 Å². The lowest BCUT2D eigenvalue weighted by Crippen LogP contribution is -2.16. The first-order chi connectivity index (χ1) is 8.77. The normalized spacial score (nSPS) is 16.3. The molecule has 3 rings (SSSR count). The summed E-state index contributed by atoms with van der Waals surface area (Å²) in [5.41, 5.74) is 9.79. The van der Waals surface area contributed by atoms with Crippen LogP contribution in [-0.2, 0) is 12.8 Å². The summed E-state index contributed by atoms with van der Waals surface area (Å²) >= 11 is 0. The van der Waals surface area contributed by atoms with Crippen molar-refractivity contribution in [2.24, 2.45) is 5.73 Å². The third-order valence-electron chi connectivity index (χ3n) is 3.50. The monoisotopic (exact) mass is 243 g/mol. The molecule has 1 aromatic heterocycles. The molecular weight excluding hydrogens is 226 g/mol. The summed E-state index contributed by atoms with van der Waals surface area (Å²) in [5.74, 6) is 0.717. The molecule has 1 aliphatic carbocycles. The number of tetrazole rings is 1. The third-order valence-corrected chi connectivity index (χ3v) is 3.50. The topological polar surface area (TPSA) is 69.6 Å². The Morgan fingerprint density at radius 2 is 2.11 bits per heavy atom. The summed E-state index contributed by atoms with van der Waals surface area (Å²) in [6.07, 6.45) is 4.76. The Hall–Kier alpha value is -1.75. The minimum Gasteiger partial charge on any atom is -0.321 e. The summed E-state index contributed by atoms with van der Waals surface area (Å²) in [6.45, 7) is 1.90. The van der Waals surface area contributed by atoms with Crippen LogP contribution < -0.4 is 5.73 Å². The third kappa shape index (κ3) is 1.80. The van der Waals surface area contributed by atoms with E-state index in [4.69, 9.17) is 5.73 Å². The lowest BCUT2D eigenvalue weighted by molar-refractivity contribution is 0.654. The van der Waals surface area contributed by atoms with Gasteiger partial charge in [0, 0.05) is 0 Å². The molecule has 1 atom stereocenters. The van der Waals surface area contributed by atoms with Gasteiger partial charge >= 0.3 is 0 Å². The van der Waals surface area contributed by atoms with Crippen LogP contribution >= 0.6 is 0 Å². The number of aromatic nitrogens is 4. The molecule has 1 unspecified atom stereocenters. The molecule has 0 saturated carbocycles. The van der Waals surface area contributed by atoms with E-state index in [2.05, 4.69) is 33.7 Å². The molecular formula is C13H17N5. The highest BCUT2D eigenvalue weighted by Gasteiger charge is 2.18. The van der Waals surface area contributed by atoms with Crippen molar-refractivity contribution in [3.05, 3.63) is 35.2 Å². The SMILES string of the molecule is CC(N)c1nnnn1-c1cccc2c1CCCC2. The Labute approximate surface area is 106 Å². The fraction of sp³-hybridized carbons (Fsp3) is 0.462. The molecule has 2 aromatic rings. The van der Waals surface area contributed by atoms with E-state index in [1.54, 1.807) is 4.68 Å². The maximum absolute atomic E-state index is 5.91. The molecule has 1 aromatic carbocycles. The summed E-state index contributed by atoms with van der Waals surface area (Å²) in [5, 5.41) is 11.9. The average Bonchev–Trinajstić information content (AvgIpc) is 2.87. The molecule has 2 N–H and O–H groups in total. The second kappa shape index (κ2) is 4.49. The Balaban J connectivity index is 2.14. The largest absolute Gasteiger partial charge is 0.321 e. The minimum atomic E-state index is -0.167. The van der Waals surface area contributed by atoms with Crippen molar-refractivity contribution >= 4 is 0 Å². The van der Waals surface area contributed by atoms with Gasteiger partial charge in [0.05, 0.1) is 11.7 Å². The number of hydrogen-bond donors (Lipinski definition) is 1. The lowest BCUT2D eigenvalue weighted by atomic mass is 9.90. The predicted molar refractivity (Wildman–Crippen MR) is 68.4 cm³/mol. The Morgan fingerprint density at radius 1 is 1.28 bits per heavy atom. The number of aryl methyl sites for hydroxylation is 1. The first-order valence-corrected chi connectivity index (χ1v) is 6.42. The van der Waals surface area contributed by atoms with Crippen LogP contribution in [0.15, 0.2) is 18.2 Å². The van der Waals surface area contributed by atoms with E-state index in [-0.39, 0.29) is 6.04 Å². The van der Waals surface area contributed by atoms with Gasteiger partial charge in [-0.05, 0) is 60.2 Å². The summed E-state index contributed by atoms with van der Waals surface area (Å²) in [6, 6.07) is 6.19. The maximum Gasteiger partial charge on any atom is 0.173 e. The molecule has 18 heavy (non-hydrogen) atoms. The molecule has 0 saturated heterocycles. The highest BCUT2D eigenvalue weighted by Crippen LogP contribution is 2.27. The van der Waals surface area contributed by atoms with Crippen LogP contribution in [0.3, 0.4) is 0 Å². The standard InChI is InChI=1S/C13H17N5/c1-9(14)13-15-16-17-18(13)12-8-4-6-10-5-2-3-7-11(10)12/h4,6,8-9H,2-3,5,7,14H2,1H3. The highest BCUT2D eigenvalue weighted by atomic mass is 15.5. The number of hydrogen-bond acceptors (Lipinski definition) is 4. The molecule has 1 aliphatic rings. The molecule has 0 amide bonds. The van der Waals surface area contributed by atoms with Crippen molar-refractivity contribution in [1.29, 1.82) is 0 Å². The van der Waals surface area contributed by atoms with Crippen LogP contribution in [0.5, 0.6) is 0 Å². The van der Waals surface area contributed by atoms with Gasteiger partial charge in [-0.25, -0.2) is 0 Å². The van der Waals surface area contributed by atoms with E-state index in [1.807, 2.05) is 6.92 Å². The number of nitrogens with zero attached hydrogens (tertiary/aromatic N) is 4. The van der Waals surface area contributed by atoms with Crippen molar-refractivity contribution in [3.8, 4) is 5.69 Å². The van der Waals surface area contributed by atoms with Gasteiger partial charge < -0.3 is 5.73 Å². The Morgan fingerprint density at radius 3 is 2.94 bits per heavy atom. The Bertz CT molecular complexity index is 558. The van der Waals surface area contributed by atoms with Crippen molar-refractivity contribution < 1.29 is 0 Å². The first kappa shape index (κ1) is 11.3. The quantitative estimate of drug-likeness (QED) is 0.869. The lowest BCUT2D eigenvalue weighted by Gasteiger charge is -2.19. The second-order valence-corrected chi connectivity index (χ2v) is 4.86. The molecule has 5 heteroatoms. The van der Waals surface area contributed by atoms with Crippen LogP contribution in [0.1, 0.15) is 42.8 Å². The molecule has 94 valence electrons. The van der Waals surface area contributed by atoms with Crippen molar-refractivity contribution in [2.45, 2.75) is 38.6 Å². The van der Waals surface area contributed by atoms with Crippen molar-refractivity contribution in [1.82, 2.24) is 20.2 Å². The molecule has 0 radical (unpaired) electrons. The van der Waals surface area contributed by atoms with E-state index in [9.17, 15) is 0 Å². The predicted octanol–water partition coefficient (Wildman–Crippen LogP) is 1.56. The fourth-order valence-corrected chi connectivity index (χ4v) is 2.61. The van der Waals surface area contributed by atoms with E-state index >= 15 is 0 Å². The minimum absolute atomic E-state index is 0.167. The van der Waals surface area contributed by atoms with Gasteiger partial charge in [0.15, 0.2) is 5.82 Å². The van der Waals surface area contributed by atoms with E-state index < -0.39 is 0 Å². The van der Waals surface area contributed by atoms with E-state index in [0.717, 1.165) is 18.5 Å². The molecule has 0 fully saturated rings. The van der Waals surface area contributed by atoms with Gasteiger partial charge in [-0.1, -0.05) is 12.1 Å².